The second-order valence-electron chi connectivity index (χ2n) is 5.97. The fourth-order valence-corrected chi connectivity index (χ4v) is 3.11. The molecular formula is C17H15FN6O2. The molecule has 0 radical (unpaired) electrons. The molecule has 8 nitrogen and oxygen atoms in total. The van der Waals surface area contributed by atoms with Crippen LogP contribution in [0.3, 0.4) is 0 Å². The van der Waals surface area contributed by atoms with Crippen molar-refractivity contribution in [2.45, 2.75) is 13.1 Å². The van der Waals surface area contributed by atoms with Gasteiger partial charge in [0.2, 0.25) is 0 Å². The molecule has 0 aliphatic carbocycles. The number of imidazole rings is 1. The summed E-state index contributed by atoms with van der Waals surface area (Å²) in [6.07, 6.45) is 2.85. The van der Waals surface area contributed by atoms with E-state index in [2.05, 4.69) is 15.2 Å². The minimum Gasteiger partial charge on any atom is -0.364 e. The number of aromatic amines is 1. The molecule has 2 aromatic heterocycles. The van der Waals surface area contributed by atoms with Gasteiger partial charge in [-0.2, -0.15) is 5.10 Å². The maximum Gasteiger partial charge on any atom is 0.266 e. The monoisotopic (exact) mass is 354 g/mol. The third kappa shape index (κ3) is 2.63. The highest BCUT2D eigenvalue weighted by atomic mass is 19.1. The van der Waals surface area contributed by atoms with Crippen LogP contribution >= 0.6 is 0 Å². The van der Waals surface area contributed by atoms with Crippen LogP contribution in [0.5, 0.6) is 0 Å². The zero-order valence-electron chi connectivity index (χ0n) is 13.6. The van der Waals surface area contributed by atoms with Crippen LogP contribution in [0.4, 0.5) is 4.39 Å². The number of rotatable bonds is 3. The first-order valence-corrected chi connectivity index (χ1v) is 7.97. The van der Waals surface area contributed by atoms with E-state index in [0.717, 1.165) is 0 Å². The van der Waals surface area contributed by atoms with Crippen molar-refractivity contribution in [1.29, 1.82) is 0 Å². The Morgan fingerprint density at radius 2 is 2.08 bits per heavy atom. The van der Waals surface area contributed by atoms with Crippen molar-refractivity contribution < 1.29 is 14.0 Å². The largest absolute Gasteiger partial charge is 0.364 e. The fraction of sp³-hybridized carbons (Fsp3) is 0.176. The van der Waals surface area contributed by atoms with E-state index in [1.807, 2.05) is 0 Å². The van der Waals surface area contributed by atoms with Gasteiger partial charge in [-0.25, -0.2) is 9.37 Å². The summed E-state index contributed by atoms with van der Waals surface area (Å²) in [6, 6.07) is 5.95. The SMILES string of the molecule is NC(=O)c1cnc2n1CCN(C(=O)c1cn[nH]c1-c1cccc(F)c1)C2. The van der Waals surface area contributed by atoms with Crippen molar-refractivity contribution in [3.8, 4) is 11.3 Å². The number of aromatic nitrogens is 4. The number of fused-ring (bicyclic) bond motifs is 1. The molecule has 132 valence electrons. The number of halogens is 1. The summed E-state index contributed by atoms with van der Waals surface area (Å²) >= 11 is 0. The Labute approximate surface area is 147 Å². The first kappa shape index (κ1) is 16.0. The molecule has 2 amide bonds. The van der Waals surface area contributed by atoms with E-state index in [4.69, 9.17) is 5.73 Å². The minimum absolute atomic E-state index is 0.243. The molecule has 0 atom stereocenters. The Kier molecular flexibility index (Phi) is 3.76. The van der Waals surface area contributed by atoms with Gasteiger partial charge in [0.15, 0.2) is 0 Å². The van der Waals surface area contributed by atoms with Crippen LogP contribution in [0.25, 0.3) is 11.3 Å². The van der Waals surface area contributed by atoms with Gasteiger partial charge in [-0.1, -0.05) is 12.1 Å². The van der Waals surface area contributed by atoms with E-state index < -0.39 is 11.7 Å². The highest BCUT2D eigenvalue weighted by Crippen LogP contribution is 2.24. The number of amides is 2. The van der Waals surface area contributed by atoms with Crippen LogP contribution in [-0.4, -0.2) is 43.0 Å². The van der Waals surface area contributed by atoms with Gasteiger partial charge in [0.1, 0.15) is 17.3 Å². The Bertz CT molecular complexity index is 1010. The Morgan fingerprint density at radius 1 is 1.23 bits per heavy atom. The third-order valence-electron chi connectivity index (χ3n) is 4.39. The van der Waals surface area contributed by atoms with Crippen LogP contribution in [0.1, 0.15) is 26.7 Å². The number of nitrogens with zero attached hydrogens (tertiary/aromatic N) is 4. The Balaban J connectivity index is 1.62. The second-order valence-corrected chi connectivity index (χ2v) is 5.97. The molecule has 0 bridgehead atoms. The predicted molar refractivity (Wildman–Crippen MR) is 89.5 cm³/mol. The highest BCUT2D eigenvalue weighted by Gasteiger charge is 2.27. The summed E-state index contributed by atoms with van der Waals surface area (Å²) in [6.45, 7) is 1.07. The summed E-state index contributed by atoms with van der Waals surface area (Å²) in [4.78, 5) is 30.1. The summed E-state index contributed by atoms with van der Waals surface area (Å²) < 4.78 is 15.2. The molecule has 26 heavy (non-hydrogen) atoms. The van der Waals surface area contributed by atoms with Gasteiger partial charge < -0.3 is 15.2 Å². The quantitative estimate of drug-likeness (QED) is 0.735. The normalized spacial score (nSPS) is 13.5. The smallest absolute Gasteiger partial charge is 0.266 e. The number of hydrogen-bond donors (Lipinski definition) is 2. The van der Waals surface area contributed by atoms with Crippen molar-refractivity contribution in [2.75, 3.05) is 6.54 Å². The van der Waals surface area contributed by atoms with E-state index >= 15 is 0 Å². The molecule has 3 N–H and O–H groups in total. The molecule has 0 fully saturated rings. The molecule has 3 aromatic rings. The van der Waals surface area contributed by atoms with Gasteiger partial charge in [-0.3, -0.25) is 14.7 Å². The predicted octanol–water partition coefficient (Wildman–Crippen LogP) is 1.17. The average Bonchev–Trinajstić information content (AvgIpc) is 3.27. The van der Waals surface area contributed by atoms with Crippen LogP contribution in [0.15, 0.2) is 36.7 Å². The van der Waals surface area contributed by atoms with E-state index in [1.165, 1.54) is 24.5 Å². The molecular weight excluding hydrogens is 339 g/mol. The van der Waals surface area contributed by atoms with Crippen molar-refractivity contribution in [3.05, 3.63) is 59.6 Å². The zero-order chi connectivity index (χ0) is 18.3. The van der Waals surface area contributed by atoms with Crippen LogP contribution in [0, 0.1) is 5.82 Å². The number of primary amides is 1. The number of carbonyl (C=O) groups is 2. The third-order valence-corrected chi connectivity index (χ3v) is 4.39. The van der Waals surface area contributed by atoms with E-state index in [-0.39, 0.29) is 12.5 Å². The highest BCUT2D eigenvalue weighted by molar-refractivity contribution is 5.99. The Hall–Kier alpha value is -3.49. The number of nitrogens with two attached hydrogens (primary N) is 1. The summed E-state index contributed by atoms with van der Waals surface area (Å²) in [7, 11) is 0. The standard InChI is InChI=1S/C17H15FN6O2/c18-11-3-1-2-10(6-11)15-12(7-21-22-15)17(26)23-4-5-24-13(16(19)25)8-20-14(24)9-23/h1-3,6-8H,4-5,9H2,(H2,19,25)(H,21,22). The lowest BCUT2D eigenvalue weighted by Gasteiger charge is -2.28. The van der Waals surface area contributed by atoms with Gasteiger partial charge in [-0.05, 0) is 12.1 Å². The number of nitrogens with one attached hydrogen (secondary N) is 1. The van der Waals surface area contributed by atoms with Crippen LogP contribution in [-0.2, 0) is 13.1 Å². The molecule has 4 rings (SSSR count). The molecule has 1 aliphatic rings. The Morgan fingerprint density at radius 3 is 2.85 bits per heavy atom. The van der Waals surface area contributed by atoms with E-state index in [0.29, 0.717) is 41.4 Å². The van der Waals surface area contributed by atoms with Gasteiger partial charge in [0, 0.05) is 18.7 Å². The topological polar surface area (TPSA) is 110 Å². The summed E-state index contributed by atoms with van der Waals surface area (Å²) in [5, 5.41) is 6.70. The molecule has 0 unspecified atom stereocenters. The molecule has 0 saturated carbocycles. The van der Waals surface area contributed by atoms with Gasteiger partial charge in [0.25, 0.3) is 11.8 Å². The number of carbonyl (C=O) groups excluding carboxylic acids is 2. The lowest BCUT2D eigenvalue weighted by atomic mass is 10.1. The maximum absolute atomic E-state index is 13.5. The van der Waals surface area contributed by atoms with Crippen molar-refractivity contribution in [1.82, 2.24) is 24.6 Å². The summed E-state index contributed by atoms with van der Waals surface area (Å²) in [5.41, 5.74) is 7.01. The molecule has 0 spiro atoms. The van der Waals surface area contributed by atoms with E-state index in [9.17, 15) is 14.0 Å². The molecule has 1 aliphatic heterocycles. The summed E-state index contributed by atoms with van der Waals surface area (Å²) in [5.74, 6) is -0.594. The maximum atomic E-state index is 13.5. The zero-order valence-corrected chi connectivity index (χ0v) is 13.6. The molecule has 3 heterocycles. The van der Waals surface area contributed by atoms with E-state index in [1.54, 1.807) is 21.6 Å². The van der Waals surface area contributed by atoms with Crippen molar-refractivity contribution >= 4 is 11.8 Å². The number of H-pyrrole nitrogens is 1. The molecule has 1 aromatic carbocycles. The van der Waals surface area contributed by atoms with Crippen molar-refractivity contribution in [3.63, 3.8) is 0 Å². The molecule has 9 heteroatoms. The van der Waals surface area contributed by atoms with Crippen LogP contribution in [0.2, 0.25) is 0 Å². The first-order valence-electron chi connectivity index (χ1n) is 7.97. The fourth-order valence-electron chi connectivity index (χ4n) is 3.11. The first-order chi connectivity index (χ1) is 12.5. The lowest BCUT2D eigenvalue weighted by molar-refractivity contribution is 0.0707. The molecule has 0 saturated heterocycles. The number of hydrogen-bond acceptors (Lipinski definition) is 4. The minimum atomic E-state index is -0.549. The second kappa shape index (κ2) is 6.10. The van der Waals surface area contributed by atoms with Crippen molar-refractivity contribution in [2.24, 2.45) is 5.73 Å². The van der Waals surface area contributed by atoms with Gasteiger partial charge in [0.05, 0.1) is 30.2 Å². The number of benzene rings is 1. The van der Waals surface area contributed by atoms with Gasteiger partial charge >= 0.3 is 0 Å². The van der Waals surface area contributed by atoms with Gasteiger partial charge in [-0.15, -0.1) is 0 Å². The lowest BCUT2D eigenvalue weighted by Crippen LogP contribution is -2.39. The van der Waals surface area contributed by atoms with Crippen LogP contribution < -0.4 is 5.73 Å². The average molecular weight is 354 g/mol.